The van der Waals surface area contributed by atoms with E-state index in [1.807, 2.05) is 42.3 Å². The van der Waals surface area contributed by atoms with Gasteiger partial charge in [-0.25, -0.2) is 0 Å². The molecule has 3 aromatic carbocycles. The first kappa shape index (κ1) is 25.1. The lowest BCUT2D eigenvalue weighted by atomic mass is 9.69. The maximum absolute atomic E-state index is 13.9. The van der Waals surface area contributed by atoms with Crippen LogP contribution < -0.4 is 5.32 Å². The topological polar surface area (TPSA) is 32.3 Å². The fraction of sp³-hybridized carbons (Fsp3) is 0.323. The van der Waals surface area contributed by atoms with Crippen molar-refractivity contribution in [1.82, 2.24) is 10.2 Å². The van der Waals surface area contributed by atoms with Gasteiger partial charge in [-0.05, 0) is 73.2 Å². The summed E-state index contributed by atoms with van der Waals surface area (Å²) >= 11 is 12.6. The van der Waals surface area contributed by atoms with Gasteiger partial charge in [0.25, 0.3) is 0 Å². The minimum absolute atomic E-state index is 0.0724. The summed E-state index contributed by atoms with van der Waals surface area (Å²) in [5.41, 5.74) is 6.33. The lowest BCUT2D eigenvalue weighted by Gasteiger charge is -2.38. The van der Waals surface area contributed by atoms with Crippen molar-refractivity contribution in [2.45, 2.75) is 43.6 Å². The number of benzene rings is 3. The number of likely N-dealkylation sites (N-methyl/N-ethyl adjacent to an activating group) is 1. The highest BCUT2D eigenvalue weighted by molar-refractivity contribution is 6.42. The zero-order valence-electron chi connectivity index (χ0n) is 20.6. The third kappa shape index (κ3) is 4.98. The number of allylic oxidation sites excluding steroid dienone is 1. The van der Waals surface area contributed by atoms with Crippen LogP contribution in [0.25, 0.3) is 6.08 Å². The van der Waals surface area contributed by atoms with E-state index >= 15 is 0 Å². The quantitative estimate of drug-likeness (QED) is 0.357. The van der Waals surface area contributed by atoms with Gasteiger partial charge in [0.1, 0.15) is 0 Å². The van der Waals surface area contributed by atoms with Crippen molar-refractivity contribution >= 4 is 35.2 Å². The van der Waals surface area contributed by atoms with E-state index in [0.717, 1.165) is 49.9 Å². The second-order valence-corrected chi connectivity index (χ2v) is 10.8. The number of fused-ring (bicyclic) bond motifs is 2. The predicted octanol–water partition coefficient (Wildman–Crippen LogP) is 7.23. The van der Waals surface area contributed by atoms with Gasteiger partial charge in [0.05, 0.1) is 16.0 Å². The van der Waals surface area contributed by atoms with Crippen LogP contribution in [0.1, 0.15) is 53.9 Å². The standard InChI is InChI=1S/C31H32Cl2N2O/c1-35(21-22-7-3-2-4-8-22)30(36)26(23-11-14-28(32)29(33)20-23)13-12-25-19-24-9-5-6-10-27(24)31(25)15-17-34-18-16-31/h2-11,14,19-20,26,34H,12-13,15-18,21H2,1H3/t26-/m0/s1. The molecule has 1 heterocycles. The first-order valence-electron chi connectivity index (χ1n) is 12.7. The maximum atomic E-state index is 13.9. The normalized spacial score (nSPS) is 16.9. The highest BCUT2D eigenvalue weighted by Crippen LogP contribution is 2.50. The molecule has 1 saturated heterocycles. The molecule has 2 aliphatic rings. The molecule has 36 heavy (non-hydrogen) atoms. The molecular formula is C31H32Cl2N2O. The van der Waals surface area contributed by atoms with Crippen LogP contribution in [0.2, 0.25) is 10.0 Å². The number of halogens is 2. The molecule has 0 radical (unpaired) electrons. The number of nitrogens with one attached hydrogen (secondary N) is 1. The van der Waals surface area contributed by atoms with Crippen LogP contribution in [-0.4, -0.2) is 30.9 Å². The van der Waals surface area contributed by atoms with Gasteiger partial charge in [0.15, 0.2) is 0 Å². The van der Waals surface area contributed by atoms with E-state index in [1.165, 1.54) is 16.7 Å². The second-order valence-electron chi connectivity index (χ2n) is 10.0. The number of hydrogen-bond donors (Lipinski definition) is 1. The number of piperidine rings is 1. The van der Waals surface area contributed by atoms with E-state index in [-0.39, 0.29) is 17.2 Å². The Balaban J connectivity index is 1.42. The summed E-state index contributed by atoms with van der Waals surface area (Å²) in [6, 6.07) is 24.5. The highest BCUT2D eigenvalue weighted by atomic mass is 35.5. The van der Waals surface area contributed by atoms with Gasteiger partial charge in [0, 0.05) is 19.0 Å². The van der Waals surface area contributed by atoms with Crippen molar-refractivity contribution in [2.75, 3.05) is 20.1 Å². The SMILES string of the molecule is CN(Cc1ccccc1)C(=O)[C@@H](CCC1=Cc2ccccc2C12CCNCC2)c1ccc(Cl)c(Cl)c1. The molecule has 0 saturated carbocycles. The second kappa shape index (κ2) is 10.8. The predicted molar refractivity (Wildman–Crippen MR) is 150 cm³/mol. The Hall–Kier alpha value is -2.59. The molecule has 5 rings (SSSR count). The van der Waals surface area contributed by atoms with E-state index in [2.05, 4.69) is 47.8 Å². The van der Waals surface area contributed by atoms with E-state index in [9.17, 15) is 4.79 Å². The van der Waals surface area contributed by atoms with Crippen LogP contribution in [0.3, 0.4) is 0 Å². The van der Waals surface area contributed by atoms with Gasteiger partial charge in [-0.1, -0.05) is 95.5 Å². The van der Waals surface area contributed by atoms with Crippen LogP contribution in [0, 0.1) is 0 Å². The van der Waals surface area contributed by atoms with Gasteiger partial charge < -0.3 is 10.2 Å². The minimum Gasteiger partial charge on any atom is -0.341 e. The summed E-state index contributed by atoms with van der Waals surface area (Å²) in [6.07, 6.45) is 6.16. The molecule has 1 N–H and O–H groups in total. The summed E-state index contributed by atoms with van der Waals surface area (Å²) in [5.74, 6) is -0.190. The van der Waals surface area contributed by atoms with Crippen LogP contribution in [-0.2, 0) is 16.8 Å². The first-order chi connectivity index (χ1) is 17.5. The smallest absolute Gasteiger partial charge is 0.230 e. The molecule has 1 atom stereocenters. The van der Waals surface area contributed by atoms with Crippen LogP contribution in [0.5, 0.6) is 0 Å². The molecule has 0 unspecified atom stereocenters. The Morgan fingerprint density at radius 2 is 1.69 bits per heavy atom. The number of amides is 1. The summed E-state index contributed by atoms with van der Waals surface area (Å²) in [4.78, 5) is 15.7. The number of carbonyl (C=O) groups excluding carboxylic acids is 1. The van der Waals surface area contributed by atoms with Crippen molar-refractivity contribution in [3.05, 3.63) is 111 Å². The monoisotopic (exact) mass is 518 g/mol. The van der Waals surface area contributed by atoms with E-state index in [1.54, 1.807) is 6.07 Å². The fourth-order valence-electron chi connectivity index (χ4n) is 5.98. The zero-order chi connectivity index (χ0) is 25.1. The van der Waals surface area contributed by atoms with Gasteiger partial charge in [-0.3, -0.25) is 4.79 Å². The van der Waals surface area contributed by atoms with Crippen molar-refractivity contribution < 1.29 is 4.79 Å². The zero-order valence-corrected chi connectivity index (χ0v) is 22.2. The molecule has 1 aliphatic heterocycles. The average molecular weight is 520 g/mol. The molecule has 1 amide bonds. The molecular weight excluding hydrogens is 487 g/mol. The van der Waals surface area contributed by atoms with Gasteiger partial charge >= 0.3 is 0 Å². The fourth-order valence-corrected chi connectivity index (χ4v) is 6.28. The Morgan fingerprint density at radius 1 is 0.972 bits per heavy atom. The summed E-state index contributed by atoms with van der Waals surface area (Å²) in [6.45, 7) is 2.60. The molecule has 3 aromatic rings. The van der Waals surface area contributed by atoms with Crippen LogP contribution >= 0.6 is 23.2 Å². The van der Waals surface area contributed by atoms with E-state index in [0.29, 0.717) is 16.6 Å². The van der Waals surface area contributed by atoms with Gasteiger partial charge in [0.2, 0.25) is 5.91 Å². The minimum atomic E-state index is -0.295. The number of nitrogens with zero attached hydrogens (tertiary/aromatic N) is 1. The molecule has 0 bridgehead atoms. The maximum Gasteiger partial charge on any atom is 0.230 e. The molecule has 186 valence electrons. The molecule has 1 spiro atoms. The van der Waals surface area contributed by atoms with Crippen LogP contribution in [0.4, 0.5) is 0 Å². The summed E-state index contributed by atoms with van der Waals surface area (Å²) < 4.78 is 0. The third-order valence-electron chi connectivity index (χ3n) is 7.86. The number of carbonyl (C=O) groups is 1. The number of rotatable bonds is 7. The Bertz CT molecular complexity index is 1260. The average Bonchev–Trinajstić information content (AvgIpc) is 3.19. The lowest BCUT2D eigenvalue weighted by molar-refractivity contribution is -0.132. The Kier molecular flexibility index (Phi) is 7.52. The van der Waals surface area contributed by atoms with Gasteiger partial charge in [-0.15, -0.1) is 0 Å². The molecule has 1 aliphatic carbocycles. The molecule has 0 aromatic heterocycles. The lowest BCUT2D eigenvalue weighted by Crippen LogP contribution is -2.40. The Morgan fingerprint density at radius 3 is 2.44 bits per heavy atom. The van der Waals surface area contributed by atoms with E-state index in [4.69, 9.17) is 23.2 Å². The highest BCUT2D eigenvalue weighted by Gasteiger charge is 2.42. The molecule has 5 heteroatoms. The van der Waals surface area contributed by atoms with Crippen molar-refractivity contribution in [3.8, 4) is 0 Å². The van der Waals surface area contributed by atoms with Gasteiger partial charge in [-0.2, -0.15) is 0 Å². The largest absolute Gasteiger partial charge is 0.341 e. The molecule has 1 fully saturated rings. The summed E-state index contributed by atoms with van der Waals surface area (Å²) in [7, 11) is 1.89. The van der Waals surface area contributed by atoms with E-state index < -0.39 is 0 Å². The summed E-state index contributed by atoms with van der Waals surface area (Å²) in [5, 5.41) is 4.52. The third-order valence-corrected chi connectivity index (χ3v) is 8.60. The first-order valence-corrected chi connectivity index (χ1v) is 13.5. The van der Waals surface area contributed by atoms with Crippen molar-refractivity contribution in [2.24, 2.45) is 0 Å². The molecule has 3 nitrogen and oxygen atoms in total. The van der Waals surface area contributed by atoms with Crippen molar-refractivity contribution in [3.63, 3.8) is 0 Å². The van der Waals surface area contributed by atoms with Crippen LogP contribution in [0.15, 0.2) is 78.4 Å². The number of hydrogen-bond acceptors (Lipinski definition) is 2. The Labute approximate surface area is 224 Å². The van der Waals surface area contributed by atoms with Crippen molar-refractivity contribution in [1.29, 1.82) is 0 Å².